The lowest BCUT2D eigenvalue weighted by atomic mass is 10.4. The van der Waals surface area contributed by atoms with Gasteiger partial charge in [0.25, 0.3) is 0 Å². The van der Waals surface area contributed by atoms with Crippen molar-refractivity contribution in [3.8, 4) is 11.8 Å². The molecule has 0 spiro atoms. The van der Waals surface area contributed by atoms with Gasteiger partial charge < -0.3 is 10.8 Å². The van der Waals surface area contributed by atoms with Crippen LogP contribution in [0.2, 0.25) is 0 Å². The number of nitrogens with two attached hydrogens (primary N) is 1. The van der Waals surface area contributed by atoms with E-state index in [1.807, 2.05) is 0 Å². The molecule has 5 nitrogen and oxygen atoms in total. The first kappa shape index (κ1) is 9.00. The van der Waals surface area contributed by atoms with Crippen molar-refractivity contribution < 1.29 is 9.90 Å². The highest BCUT2D eigenvalue weighted by Crippen LogP contribution is 1.93. The van der Waals surface area contributed by atoms with E-state index in [1.165, 1.54) is 12.4 Å². The van der Waals surface area contributed by atoms with E-state index in [-0.39, 0.29) is 6.42 Å². The maximum Gasteiger partial charge on any atom is 0.315 e. The number of hydrogen-bond donors (Lipinski definition) is 2. The number of carbonyl (C=O) groups is 1. The molecule has 5 heteroatoms. The van der Waals surface area contributed by atoms with E-state index < -0.39 is 5.97 Å². The van der Waals surface area contributed by atoms with Crippen LogP contribution in [0.15, 0.2) is 12.4 Å². The van der Waals surface area contributed by atoms with Gasteiger partial charge in [-0.3, -0.25) is 4.79 Å². The number of carboxylic acid groups (broad SMARTS) is 1. The van der Waals surface area contributed by atoms with Crippen LogP contribution < -0.4 is 5.73 Å². The van der Waals surface area contributed by atoms with Gasteiger partial charge in [0.15, 0.2) is 0 Å². The Morgan fingerprint density at radius 3 is 2.85 bits per heavy atom. The van der Waals surface area contributed by atoms with E-state index >= 15 is 0 Å². The molecule has 0 atom stereocenters. The SMILES string of the molecule is Nc1cnc(C#CCC(=O)O)cn1. The van der Waals surface area contributed by atoms with E-state index in [1.54, 1.807) is 0 Å². The standard InChI is InChI=1S/C8H7N3O2/c9-7-5-10-6(4-11-7)2-1-3-8(12)13/h4-5H,3H2,(H2,9,11)(H,12,13). The number of nitrogens with zero attached hydrogens (tertiary/aromatic N) is 2. The fourth-order valence-electron chi connectivity index (χ4n) is 0.613. The minimum atomic E-state index is -0.962. The predicted octanol–water partition coefficient (Wildman–Crippen LogP) is -0.115. The van der Waals surface area contributed by atoms with Gasteiger partial charge in [-0.15, -0.1) is 0 Å². The average molecular weight is 177 g/mol. The van der Waals surface area contributed by atoms with Gasteiger partial charge >= 0.3 is 5.97 Å². The molecule has 0 unspecified atom stereocenters. The van der Waals surface area contributed by atoms with Gasteiger partial charge in [0.2, 0.25) is 0 Å². The van der Waals surface area contributed by atoms with Crippen molar-refractivity contribution in [3.63, 3.8) is 0 Å². The molecule has 0 amide bonds. The summed E-state index contributed by atoms with van der Waals surface area (Å²) in [5.74, 6) is 4.32. The number of rotatable bonds is 1. The highest BCUT2D eigenvalue weighted by Gasteiger charge is 1.91. The zero-order valence-electron chi connectivity index (χ0n) is 6.69. The minimum absolute atomic E-state index is 0.202. The summed E-state index contributed by atoms with van der Waals surface area (Å²) in [6, 6.07) is 0. The predicted molar refractivity (Wildman–Crippen MR) is 45.6 cm³/mol. The second kappa shape index (κ2) is 4.07. The fraction of sp³-hybridized carbons (Fsp3) is 0.125. The highest BCUT2D eigenvalue weighted by molar-refractivity contribution is 5.70. The Labute approximate surface area is 74.6 Å². The largest absolute Gasteiger partial charge is 0.481 e. The molecule has 0 saturated carbocycles. The van der Waals surface area contributed by atoms with E-state index in [0.717, 1.165) is 0 Å². The lowest BCUT2D eigenvalue weighted by molar-refractivity contribution is -0.135. The molecule has 0 aliphatic carbocycles. The Morgan fingerprint density at radius 1 is 1.54 bits per heavy atom. The lowest BCUT2D eigenvalue weighted by Crippen LogP contribution is -1.93. The summed E-state index contributed by atoms with van der Waals surface area (Å²) in [5.41, 5.74) is 5.70. The van der Waals surface area contributed by atoms with Crippen molar-refractivity contribution in [2.75, 3.05) is 5.73 Å². The summed E-state index contributed by atoms with van der Waals surface area (Å²) in [6.45, 7) is 0. The molecule has 66 valence electrons. The smallest absolute Gasteiger partial charge is 0.315 e. The van der Waals surface area contributed by atoms with Crippen molar-refractivity contribution in [1.82, 2.24) is 9.97 Å². The summed E-state index contributed by atoms with van der Waals surface area (Å²) < 4.78 is 0. The molecule has 1 aromatic heterocycles. The highest BCUT2D eigenvalue weighted by atomic mass is 16.4. The van der Waals surface area contributed by atoms with Crippen molar-refractivity contribution >= 4 is 11.8 Å². The zero-order valence-corrected chi connectivity index (χ0v) is 6.69. The quantitative estimate of drug-likeness (QED) is 0.584. The van der Waals surface area contributed by atoms with Gasteiger partial charge in [-0.05, 0) is 5.92 Å². The van der Waals surface area contributed by atoms with Crippen LogP contribution in [0, 0.1) is 11.8 Å². The molecule has 0 saturated heterocycles. The van der Waals surface area contributed by atoms with Crippen molar-refractivity contribution in [2.45, 2.75) is 6.42 Å². The van der Waals surface area contributed by atoms with Crippen LogP contribution in [0.1, 0.15) is 12.1 Å². The molecule has 0 aliphatic heterocycles. The van der Waals surface area contributed by atoms with Crippen LogP contribution in [0.5, 0.6) is 0 Å². The lowest BCUT2D eigenvalue weighted by Gasteiger charge is -1.89. The molecule has 0 fully saturated rings. The van der Waals surface area contributed by atoms with Gasteiger partial charge in [0.1, 0.15) is 17.9 Å². The van der Waals surface area contributed by atoms with Crippen LogP contribution in [-0.4, -0.2) is 21.0 Å². The normalized spacial score (nSPS) is 8.62. The summed E-state index contributed by atoms with van der Waals surface area (Å²) in [4.78, 5) is 17.6. The molecular weight excluding hydrogens is 170 g/mol. The third-order valence-electron chi connectivity index (χ3n) is 1.13. The fourth-order valence-corrected chi connectivity index (χ4v) is 0.613. The maximum atomic E-state index is 10.1. The third-order valence-corrected chi connectivity index (χ3v) is 1.13. The van der Waals surface area contributed by atoms with Gasteiger partial charge in [0, 0.05) is 0 Å². The summed E-state index contributed by atoms with van der Waals surface area (Å²) >= 11 is 0. The van der Waals surface area contributed by atoms with Gasteiger partial charge in [-0.2, -0.15) is 0 Å². The number of nitrogen functional groups attached to an aromatic ring is 1. The Balaban J connectivity index is 2.67. The number of carboxylic acids is 1. The topological polar surface area (TPSA) is 89.1 Å². The molecule has 3 N–H and O–H groups in total. The molecule has 0 radical (unpaired) electrons. The first-order valence-electron chi connectivity index (χ1n) is 3.46. The number of aromatic nitrogens is 2. The van der Waals surface area contributed by atoms with Crippen molar-refractivity contribution in [1.29, 1.82) is 0 Å². The Bertz CT molecular complexity index is 361. The van der Waals surface area contributed by atoms with E-state index in [0.29, 0.717) is 11.5 Å². The average Bonchev–Trinajstić information content (AvgIpc) is 2.08. The Kier molecular flexibility index (Phi) is 2.82. The molecule has 0 bridgehead atoms. The Morgan fingerprint density at radius 2 is 2.31 bits per heavy atom. The molecule has 1 aromatic rings. The first-order chi connectivity index (χ1) is 6.18. The summed E-state index contributed by atoms with van der Waals surface area (Å²) in [5, 5.41) is 8.28. The second-order valence-corrected chi connectivity index (χ2v) is 2.20. The van der Waals surface area contributed by atoms with Crippen LogP contribution in [0.25, 0.3) is 0 Å². The third kappa shape index (κ3) is 3.20. The summed E-state index contributed by atoms with van der Waals surface area (Å²) in [6.07, 6.45) is 2.56. The molecule has 0 aromatic carbocycles. The van der Waals surface area contributed by atoms with Crippen LogP contribution in [0.4, 0.5) is 5.82 Å². The van der Waals surface area contributed by atoms with Crippen molar-refractivity contribution in [3.05, 3.63) is 18.1 Å². The van der Waals surface area contributed by atoms with E-state index in [4.69, 9.17) is 10.8 Å². The molecule has 0 aliphatic rings. The van der Waals surface area contributed by atoms with E-state index in [9.17, 15) is 4.79 Å². The van der Waals surface area contributed by atoms with Gasteiger partial charge in [-0.1, -0.05) is 5.92 Å². The molecular formula is C8H7N3O2. The van der Waals surface area contributed by atoms with Crippen LogP contribution in [-0.2, 0) is 4.79 Å². The first-order valence-corrected chi connectivity index (χ1v) is 3.46. The second-order valence-electron chi connectivity index (χ2n) is 2.20. The maximum absolute atomic E-state index is 10.1. The molecule has 13 heavy (non-hydrogen) atoms. The van der Waals surface area contributed by atoms with Crippen LogP contribution in [0.3, 0.4) is 0 Å². The number of aliphatic carboxylic acids is 1. The van der Waals surface area contributed by atoms with Gasteiger partial charge in [0.05, 0.1) is 12.4 Å². The molecule has 1 rings (SSSR count). The van der Waals surface area contributed by atoms with Crippen molar-refractivity contribution in [2.24, 2.45) is 0 Å². The van der Waals surface area contributed by atoms with Gasteiger partial charge in [-0.25, -0.2) is 9.97 Å². The number of anilines is 1. The van der Waals surface area contributed by atoms with E-state index in [2.05, 4.69) is 21.8 Å². The number of hydrogen-bond acceptors (Lipinski definition) is 4. The Hall–Kier alpha value is -2.09. The minimum Gasteiger partial charge on any atom is -0.481 e. The van der Waals surface area contributed by atoms with Crippen LogP contribution >= 0.6 is 0 Å². The molecule has 1 heterocycles. The monoisotopic (exact) mass is 177 g/mol. The zero-order chi connectivity index (χ0) is 9.68. The summed E-state index contributed by atoms with van der Waals surface area (Å²) in [7, 11) is 0.